The number of nitrogens with one attached hydrogen (secondary N) is 1. The number of nitrogens with two attached hydrogens (primary N) is 1. The van der Waals surface area contributed by atoms with Crippen LogP contribution >= 0.6 is 15.9 Å². The number of rotatable bonds is 5. The van der Waals surface area contributed by atoms with Crippen LogP contribution in [-0.4, -0.2) is 31.4 Å². The van der Waals surface area contributed by atoms with Crippen molar-refractivity contribution in [1.82, 2.24) is 10.2 Å². The predicted octanol–water partition coefficient (Wildman–Crippen LogP) is 2.66. The van der Waals surface area contributed by atoms with E-state index in [0.29, 0.717) is 17.8 Å². The van der Waals surface area contributed by atoms with Gasteiger partial charge in [0, 0.05) is 16.7 Å². The molecule has 1 amide bonds. The number of carbonyl (C=O) groups excluding carboxylic acids is 1. The van der Waals surface area contributed by atoms with Gasteiger partial charge in [0.15, 0.2) is 0 Å². The molecule has 1 aromatic heterocycles. The molecule has 0 saturated heterocycles. The summed E-state index contributed by atoms with van der Waals surface area (Å²) in [5, 5.41) is 2.89. The minimum absolute atomic E-state index is 0.0272. The molecule has 0 saturated carbocycles. The molecule has 1 unspecified atom stereocenters. The molecule has 0 aliphatic heterocycles. The molecule has 6 heteroatoms. The third-order valence-electron chi connectivity index (χ3n) is 3.21. The summed E-state index contributed by atoms with van der Waals surface area (Å²) in [6.45, 7) is 0.439. The van der Waals surface area contributed by atoms with Crippen molar-refractivity contribution in [1.29, 1.82) is 0 Å². The van der Waals surface area contributed by atoms with Crippen LogP contribution in [-0.2, 0) is 0 Å². The number of likely N-dealkylation sites (N-methyl/N-ethyl adjacent to an activating group) is 1. The van der Waals surface area contributed by atoms with E-state index in [1.807, 2.05) is 31.1 Å². The standard InChI is InChI=1S/C15H18BrN3O2/c1-19(2)13(14-4-3-7-21-14)9-18-15(20)11-6-5-10(16)8-12(11)17/h3-8,13H,9,17H2,1-2H3,(H,18,20). The van der Waals surface area contributed by atoms with Gasteiger partial charge in [-0.3, -0.25) is 9.69 Å². The number of halogens is 1. The molecule has 1 aromatic carbocycles. The summed E-state index contributed by atoms with van der Waals surface area (Å²) in [5.41, 5.74) is 6.78. The van der Waals surface area contributed by atoms with Crippen LogP contribution in [0.15, 0.2) is 45.5 Å². The molecule has 112 valence electrons. The second-order valence-electron chi connectivity index (χ2n) is 4.94. The molecule has 0 bridgehead atoms. The second kappa shape index (κ2) is 6.78. The number of benzene rings is 1. The Morgan fingerprint density at radius 1 is 1.43 bits per heavy atom. The Balaban J connectivity index is 2.05. The third kappa shape index (κ3) is 3.86. The molecule has 0 fully saturated rings. The number of furan rings is 1. The Hall–Kier alpha value is -1.79. The molecule has 5 nitrogen and oxygen atoms in total. The fraction of sp³-hybridized carbons (Fsp3) is 0.267. The maximum absolute atomic E-state index is 12.2. The lowest BCUT2D eigenvalue weighted by atomic mass is 10.1. The van der Waals surface area contributed by atoms with Gasteiger partial charge in [0.05, 0.1) is 17.9 Å². The van der Waals surface area contributed by atoms with Crippen LogP contribution in [0.5, 0.6) is 0 Å². The number of nitrogens with zero attached hydrogens (tertiary/aromatic N) is 1. The number of amides is 1. The van der Waals surface area contributed by atoms with Gasteiger partial charge in [0.1, 0.15) is 5.76 Å². The van der Waals surface area contributed by atoms with Gasteiger partial charge in [-0.1, -0.05) is 15.9 Å². The van der Waals surface area contributed by atoms with Crippen LogP contribution in [0.2, 0.25) is 0 Å². The molecular formula is C15H18BrN3O2. The SMILES string of the molecule is CN(C)C(CNC(=O)c1ccc(Br)cc1N)c1ccco1. The van der Waals surface area contributed by atoms with E-state index in [4.69, 9.17) is 10.2 Å². The molecule has 3 N–H and O–H groups in total. The van der Waals surface area contributed by atoms with E-state index in [9.17, 15) is 4.79 Å². The minimum Gasteiger partial charge on any atom is -0.468 e. The van der Waals surface area contributed by atoms with Gasteiger partial charge >= 0.3 is 0 Å². The molecule has 0 aliphatic rings. The van der Waals surface area contributed by atoms with Gasteiger partial charge < -0.3 is 15.5 Å². The van der Waals surface area contributed by atoms with Crippen molar-refractivity contribution in [2.45, 2.75) is 6.04 Å². The maximum atomic E-state index is 12.2. The van der Waals surface area contributed by atoms with Gasteiger partial charge in [-0.05, 0) is 44.4 Å². The highest BCUT2D eigenvalue weighted by Gasteiger charge is 2.19. The average molecular weight is 352 g/mol. The van der Waals surface area contributed by atoms with Gasteiger partial charge in [-0.15, -0.1) is 0 Å². The molecule has 1 atom stereocenters. The lowest BCUT2D eigenvalue weighted by Gasteiger charge is -2.22. The molecule has 0 radical (unpaired) electrons. The summed E-state index contributed by atoms with van der Waals surface area (Å²) in [6, 6.07) is 8.91. The summed E-state index contributed by atoms with van der Waals surface area (Å²) in [6.07, 6.45) is 1.63. The zero-order valence-corrected chi connectivity index (χ0v) is 13.6. The second-order valence-corrected chi connectivity index (χ2v) is 5.85. The van der Waals surface area contributed by atoms with Crippen LogP contribution in [0.3, 0.4) is 0 Å². The number of hydrogen-bond donors (Lipinski definition) is 2. The zero-order valence-electron chi connectivity index (χ0n) is 12.0. The summed E-state index contributed by atoms with van der Waals surface area (Å²) in [7, 11) is 3.88. The van der Waals surface area contributed by atoms with Crippen LogP contribution < -0.4 is 11.1 Å². The monoisotopic (exact) mass is 351 g/mol. The first kappa shape index (κ1) is 15.6. The number of carbonyl (C=O) groups is 1. The summed E-state index contributed by atoms with van der Waals surface area (Å²) in [5.74, 6) is 0.613. The van der Waals surface area contributed by atoms with Gasteiger partial charge in [0.2, 0.25) is 0 Å². The molecule has 1 heterocycles. The van der Waals surface area contributed by atoms with E-state index in [1.54, 1.807) is 24.5 Å². The topological polar surface area (TPSA) is 71.5 Å². The number of nitrogen functional groups attached to an aromatic ring is 1. The van der Waals surface area contributed by atoms with E-state index in [2.05, 4.69) is 21.2 Å². The van der Waals surface area contributed by atoms with Gasteiger partial charge in [-0.25, -0.2) is 0 Å². The lowest BCUT2D eigenvalue weighted by molar-refractivity contribution is 0.0940. The van der Waals surface area contributed by atoms with Crippen LogP contribution in [0, 0.1) is 0 Å². The molecular weight excluding hydrogens is 334 g/mol. The normalized spacial score (nSPS) is 12.4. The maximum Gasteiger partial charge on any atom is 0.253 e. The van der Waals surface area contributed by atoms with E-state index < -0.39 is 0 Å². The Morgan fingerprint density at radius 2 is 2.19 bits per heavy atom. The quantitative estimate of drug-likeness (QED) is 0.812. The molecule has 0 spiro atoms. The summed E-state index contributed by atoms with van der Waals surface area (Å²) < 4.78 is 6.26. The van der Waals surface area contributed by atoms with Crippen molar-refractivity contribution in [2.24, 2.45) is 0 Å². The zero-order chi connectivity index (χ0) is 15.4. The third-order valence-corrected chi connectivity index (χ3v) is 3.70. The van der Waals surface area contributed by atoms with E-state index in [1.165, 1.54) is 0 Å². The van der Waals surface area contributed by atoms with E-state index in [-0.39, 0.29) is 11.9 Å². The molecule has 0 aliphatic carbocycles. The predicted molar refractivity (Wildman–Crippen MR) is 86.0 cm³/mol. The van der Waals surface area contributed by atoms with Crippen molar-refractivity contribution in [3.05, 3.63) is 52.4 Å². The highest BCUT2D eigenvalue weighted by molar-refractivity contribution is 9.10. The van der Waals surface area contributed by atoms with Crippen LogP contribution in [0.4, 0.5) is 5.69 Å². The van der Waals surface area contributed by atoms with E-state index in [0.717, 1.165) is 10.2 Å². The number of anilines is 1. The first-order valence-corrected chi connectivity index (χ1v) is 7.31. The Kier molecular flexibility index (Phi) is 5.03. The Bertz CT molecular complexity index is 611. The summed E-state index contributed by atoms with van der Waals surface area (Å²) >= 11 is 3.32. The van der Waals surface area contributed by atoms with Crippen molar-refractivity contribution >= 4 is 27.5 Å². The van der Waals surface area contributed by atoms with Crippen molar-refractivity contribution in [3.63, 3.8) is 0 Å². The molecule has 2 rings (SSSR count). The number of hydrogen-bond acceptors (Lipinski definition) is 4. The Morgan fingerprint density at radius 3 is 2.76 bits per heavy atom. The highest BCUT2D eigenvalue weighted by Crippen LogP contribution is 2.20. The smallest absolute Gasteiger partial charge is 0.253 e. The summed E-state index contributed by atoms with van der Waals surface area (Å²) in [4.78, 5) is 14.2. The van der Waals surface area contributed by atoms with Crippen molar-refractivity contribution < 1.29 is 9.21 Å². The first-order valence-electron chi connectivity index (χ1n) is 6.52. The van der Waals surface area contributed by atoms with Gasteiger partial charge in [0.25, 0.3) is 5.91 Å². The Labute approximate surface area is 132 Å². The fourth-order valence-electron chi connectivity index (χ4n) is 2.04. The van der Waals surface area contributed by atoms with Gasteiger partial charge in [-0.2, -0.15) is 0 Å². The molecule has 2 aromatic rings. The largest absolute Gasteiger partial charge is 0.468 e. The molecule has 21 heavy (non-hydrogen) atoms. The highest BCUT2D eigenvalue weighted by atomic mass is 79.9. The fourth-order valence-corrected chi connectivity index (χ4v) is 2.42. The minimum atomic E-state index is -0.196. The first-order chi connectivity index (χ1) is 9.99. The van der Waals surface area contributed by atoms with Crippen LogP contribution in [0.25, 0.3) is 0 Å². The average Bonchev–Trinajstić information content (AvgIpc) is 2.92. The van der Waals surface area contributed by atoms with E-state index >= 15 is 0 Å². The van der Waals surface area contributed by atoms with Crippen molar-refractivity contribution in [2.75, 3.05) is 26.4 Å². The lowest BCUT2D eigenvalue weighted by Crippen LogP contribution is -2.34. The van der Waals surface area contributed by atoms with Crippen molar-refractivity contribution in [3.8, 4) is 0 Å². The van der Waals surface area contributed by atoms with Crippen LogP contribution in [0.1, 0.15) is 22.2 Å².